The largest absolute Gasteiger partial charge is 0.352 e. The Morgan fingerprint density at radius 2 is 1.78 bits per heavy atom. The average Bonchev–Trinajstić information content (AvgIpc) is 2.60. The van der Waals surface area contributed by atoms with Crippen molar-refractivity contribution in [3.05, 3.63) is 65.2 Å². The van der Waals surface area contributed by atoms with Gasteiger partial charge in [0.1, 0.15) is 6.04 Å². The third kappa shape index (κ3) is 6.26. The molecule has 5 nitrogen and oxygen atoms in total. The summed E-state index contributed by atoms with van der Waals surface area (Å²) in [5.41, 5.74) is 1.56. The van der Waals surface area contributed by atoms with Gasteiger partial charge < -0.3 is 5.32 Å². The summed E-state index contributed by atoms with van der Waals surface area (Å²) in [7, 11) is -3.66. The van der Waals surface area contributed by atoms with Crippen molar-refractivity contribution in [1.82, 2.24) is 5.32 Å². The molecule has 2 atom stereocenters. The van der Waals surface area contributed by atoms with Crippen LogP contribution in [0.25, 0.3) is 0 Å². The summed E-state index contributed by atoms with van der Waals surface area (Å²) in [5.74, 6) is -0.346. The molecule has 146 valence electrons. The molecule has 0 aliphatic rings. The fraction of sp³-hybridized carbons (Fsp3) is 0.350. The van der Waals surface area contributed by atoms with E-state index in [0.29, 0.717) is 10.7 Å². The number of rotatable bonds is 8. The van der Waals surface area contributed by atoms with E-state index in [1.807, 2.05) is 37.3 Å². The summed E-state index contributed by atoms with van der Waals surface area (Å²) in [5, 5.41) is 3.32. The summed E-state index contributed by atoms with van der Waals surface area (Å²) >= 11 is 5.99. The lowest BCUT2D eigenvalue weighted by Crippen LogP contribution is -2.50. The normalized spacial score (nSPS) is 13.6. The smallest absolute Gasteiger partial charge is 0.243 e. The van der Waals surface area contributed by atoms with Crippen molar-refractivity contribution < 1.29 is 13.2 Å². The van der Waals surface area contributed by atoms with Crippen LogP contribution < -0.4 is 9.62 Å². The summed E-state index contributed by atoms with van der Waals surface area (Å²) in [6, 6.07) is 15.5. The molecule has 0 aliphatic carbocycles. The van der Waals surface area contributed by atoms with Crippen LogP contribution in [0.2, 0.25) is 5.02 Å². The topological polar surface area (TPSA) is 66.5 Å². The number of hydrogen-bond acceptors (Lipinski definition) is 3. The van der Waals surface area contributed by atoms with E-state index in [0.717, 1.165) is 23.4 Å². The summed E-state index contributed by atoms with van der Waals surface area (Å²) < 4.78 is 25.7. The van der Waals surface area contributed by atoms with Gasteiger partial charge >= 0.3 is 0 Å². The van der Waals surface area contributed by atoms with Crippen LogP contribution in [-0.4, -0.2) is 32.7 Å². The molecule has 0 fully saturated rings. The van der Waals surface area contributed by atoms with E-state index in [-0.39, 0.29) is 11.9 Å². The minimum Gasteiger partial charge on any atom is -0.352 e. The second-order valence-electron chi connectivity index (χ2n) is 6.65. The number of aryl methyl sites for hydroxylation is 1. The van der Waals surface area contributed by atoms with Gasteiger partial charge in [0.25, 0.3) is 0 Å². The fourth-order valence-electron chi connectivity index (χ4n) is 2.89. The van der Waals surface area contributed by atoms with Crippen molar-refractivity contribution in [3.63, 3.8) is 0 Å². The van der Waals surface area contributed by atoms with E-state index in [9.17, 15) is 13.2 Å². The van der Waals surface area contributed by atoms with E-state index >= 15 is 0 Å². The van der Waals surface area contributed by atoms with Gasteiger partial charge in [0, 0.05) is 11.1 Å². The first-order valence-corrected chi connectivity index (χ1v) is 11.0. The quantitative estimate of drug-likeness (QED) is 0.725. The number of halogens is 1. The van der Waals surface area contributed by atoms with Gasteiger partial charge in [-0.1, -0.05) is 48.0 Å². The van der Waals surface area contributed by atoms with Crippen LogP contribution in [-0.2, 0) is 21.2 Å². The first-order valence-electron chi connectivity index (χ1n) is 8.77. The lowest BCUT2D eigenvalue weighted by atomic mass is 10.1. The zero-order chi connectivity index (χ0) is 20.0. The highest BCUT2D eigenvalue weighted by molar-refractivity contribution is 7.92. The number of nitrogens with zero attached hydrogens (tertiary/aromatic N) is 1. The first kappa shape index (κ1) is 21.3. The molecule has 27 heavy (non-hydrogen) atoms. The molecule has 7 heteroatoms. The van der Waals surface area contributed by atoms with Crippen LogP contribution in [0.4, 0.5) is 5.69 Å². The van der Waals surface area contributed by atoms with Crippen LogP contribution in [0.1, 0.15) is 25.8 Å². The zero-order valence-corrected chi connectivity index (χ0v) is 17.3. The van der Waals surface area contributed by atoms with E-state index in [1.54, 1.807) is 25.1 Å². The maximum atomic E-state index is 12.7. The standard InChI is InChI=1S/C20H25ClN2O3S/c1-15(12-13-17-8-5-4-6-9-17)22-20(24)16(2)23(27(3,25)26)19-11-7-10-18(21)14-19/h4-11,14-16H,12-13H2,1-3H3,(H,22,24)/t15-,16-/m0/s1. The monoisotopic (exact) mass is 408 g/mol. The van der Waals surface area contributed by atoms with Crippen molar-refractivity contribution in [2.45, 2.75) is 38.8 Å². The highest BCUT2D eigenvalue weighted by Gasteiger charge is 2.29. The van der Waals surface area contributed by atoms with Crippen LogP contribution >= 0.6 is 11.6 Å². The number of carbonyl (C=O) groups is 1. The Kier molecular flexibility index (Phi) is 7.27. The summed E-state index contributed by atoms with van der Waals surface area (Å²) in [4.78, 5) is 12.7. The SMILES string of the molecule is C[C@@H](CCc1ccccc1)NC(=O)[C@H](C)N(c1cccc(Cl)c1)S(C)(=O)=O. The molecule has 2 aromatic carbocycles. The minimum absolute atomic E-state index is 0.0825. The number of nitrogens with one attached hydrogen (secondary N) is 1. The highest BCUT2D eigenvalue weighted by Crippen LogP contribution is 2.24. The van der Waals surface area contributed by atoms with Gasteiger partial charge in [-0.3, -0.25) is 9.10 Å². The van der Waals surface area contributed by atoms with Gasteiger partial charge in [-0.15, -0.1) is 0 Å². The van der Waals surface area contributed by atoms with Crippen molar-refractivity contribution in [3.8, 4) is 0 Å². The molecule has 0 radical (unpaired) electrons. The number of anilines is 1. The highest BCUT2D eigenvalue weighted by atomic mass is 35.5. The summed E-state index contributed by atoms with van der Waals surface area (Å²) in [6.07, 6.45) is 2.68. The van der Waals surface area contributed by atoms with Crippen LogP contribution in [0.3, 0.4) is 0 Å². The molecular formula is C20H25ClN2O3S. The molecule has 0 spiro atoms. The maximum absolute atomic E-state index is 12.7. The van der Waals surface area contributed by atoms with Crippen molar-refractivity contribution in [2.75, 3.05) is 10.6 Å². The van der Waals surface area contributed by atoms with Gasteiger partial charge in [-0.2, -0.15) is 0 Å². The fourth-order valence-corrected chi connectivity index (χ4v) is 4.24. The number of sulfonamides is 1. The Balaban J connectivity index is 2.06. The van der Waals surface area contributed by atoms with E-state index < -0.39 is 16.1 Å². The number of carbonyl (C=O) groups excluding carboxylic acids is 1. The third-order valence-electron chi connectivity index (χ3n) is 4.25. The Hall–Kier alpha value is -2.05. The zero-order valence-electron chi connectivity index (χ0n) is 15.7. The molecule has 0 aliphatic heterocycles. The first-order chi connectivity index (χ1) is 12.7. The Morgan fingerprint density at radius 3 is 2.37 bits per heavy atom. The molecular weight excluding hydrogens is 384 g/mol. The number of amides is 1. The van der Waals surface area contributed by atoms with Crippen LogP contribution in [0.15, 0.2) is 54.6 Å². The Morgan fingerprint density at radius 1 is 1.11 bits per heavy atom. The van der Waals surface area contributed by atoms with E-state index in [1.165, 1.54) is 11.6 Å². The molecule has 0 unspecified atom stereocenters. The van der Waals surface area contributed by atoms with Crippen LogP contribution in [0, 0.1) is 0 Å². The third-order valence-corrected chi connectivity index (χ3v) is 5.73. The lowest BCUT2D eigenvalue weighted by molar-refractivity contribution is -0.122. The number of hydrogen-bond donors (Lipinski definition) is 1. The molecule has 2 rings (SSSR count). The van der Waals surface area contributed by atoms with Crippen LogP contribution in [0.5, 0.6) is 0 Å². The molecule has 1 amide bonds. The predicted octanol–water partition coefficient (Wildman–Crippen LogP) is 3.63. The summed E-state index contributed by atoms with van der Waals surface area (Å²) in [6.45, 7) is 3.49. The van der Waals surface area contributed by atoms with E-state index in [2.05, 4.69) is 5.32 Å². The second-order valence-corrected chi connectivity index (χ2v) is 8.94. The maximum Gasteiger partial charge on any atom is 0.243 e. The molecule has 0 heterocycles. The molecule has 2 aromatic rings. The minimum atomic E-state index is -3.66. The van der Waals surface area contributed by atoms with Crippen molar-refractivity contribution in [2.24, 2.45) is 0 Å². The predicted molar refractivity (Wildman–Crippen MR) is 111 cm³/mol. The Bertz CT molecular complexity index is 872. The molecule has 0 saturated carbocycles. The molecule has 0 bridgehead atoms. The van der Waals surface area contributed by atoms with Crippen molar-refractivity contribution in [1.29, 1.82) is 0 Å². The number of benzene rings is 2. The van der Waals surface area contributed by atoms with Gasteiger partial charge in [0.2, 0.25) is 15.9 Å². The molecule has 0 saturated heterocycles. The molecule has 1 N–H and O–H groups in total. The van der Waals surface area contributed by atoms with E-state index in [4.69, 9.17) is 11.6 Å². The average molecular weight is 409 g/mol. The van der Waals surface area contributed by atoms with Gasteiger partial charge in [0.15, 0.2) is 0 Å². The van der Waals surface area contributed by atoms with Gasteiger partial charge in [-0.05, 0) is 50.5 Å². The second kappa shape index (κ2) is 9.24. The van der Waals surface area contributed by atoms with Gasteiger partial charge in [-0.25, -0.2) is 8.42 Å². The molecule has 0 aromatic heterocycles. The van der Waals surface area contributed by atoms with Gasteiger partial charge in [0.05, 0.1) is 11.9 Å². The lowest BCUT2D eigenvalue weighted by Gasteiger charge is -2.29. The van der Waals surface area contributed by atoms with Crippen molar-refractivity contribution >= 4 is 33.2 Å². The Labute approximate surface area is 166 Å².